The Morgan fingerprint density at radius 2 is 2.31 bits per heavy atom. The van der Waals surface area contributed by atoms with Crippen LogP contribution in [0.15, 0.2) is 0 Å². The molecule has 0 fully saturated rings. The highest BCUT2D eigenvalue weighted by molar-refractivity contribution is 5.77. The van der Waals surface area contributed by atoms with Crippen molar-refractivity contribution in [1.82, 2.24) is 5.32 Å². The summed E-state index contributed by atoms with van der Waals surface area (Å²) in [7, 11) is 0. The lowest BCUT2D eigenvalue weighted by Gasteiger charge is -2.09. The van der Waals surface area contributed by atoms with Gasteiger partial charge in [-0.25, -0.2) is 0 Å². The fourth-order valence-electron chi connectivity index (χ4n) is 0.713. The van der Waals surface area contributed by atoms with E-state index in [1.807, 2.05) is 13.8 Å². The Morgan fingerprint density at radius 1 is 1.62 bits per heavy atom. The third-order valence-electron chi connectivity index (χ3n) is 1.54. The largest absolute Gasteiger partial charge is 0.396 e. The molecule has 0 aromatic carbocycles. The van der Waals surface area contributed by atoms with Crippen LogP contribution in [-0.4, -0.2) is 37.4 Å². The normalized spacial score (nSPS) is 12.5. The molecule has 4 nitrogen and oxygen atoms in total. The summed E-state index contributed by atoms with van der Waals surface area (Å²) in [5.74, 6) is -0.0103. The Labute approximate surface area is 79.3 Å². The van der Waals surface area contributed by atoms with Crippen molar-refractivity contribution in [3.8, 4) is 0 Å². The van der Waals surface area contributed by atoms with Gasteiger partial charge in [-0.05, 0) is 12.3 Å². The predicted octanol–water partition coefficient (Wildman–Crippen LogP) is 0.158. The molecule has 0 rings (SSSR count). The molecule has 78 valence electrons. The third kappa shape index (κ3) is 7.74. The van der Waals surface area contributed by atoms with Gasteiger partial charge in [-0.2, -0.15) is 0 Å². The number of carbonyl (C=O) groups excluding carboxylic acids is 1. The topological polar surface area (TPSA) is 58.6 Å². The second kappa shape index (κ2) is 8.01. The molecule has 1 unspecified atom stereocenters. The average molecular weight is 189 g/mol. The molecule has 0 aliphatic rings. The third-order valence-corrected chi connectivity index (χ3v) is 1.54. The van der Waals surface area contributed by atoms with Crippen LogP contribution in [0.25, 0.3) is 0 Å². The monoisotopic (exact) mass is 189 g/mol. The summed E-state index contributed by atoms with van der Waals surface area (Å²) in [5, 5.41) is 11.3. The summed E-state index contributed by atoms with van der Waals surface area (Å²) in [6.07, 6.45) is 0.917. The number of rotatable bonds is 7. The van der Waals surface area contributed by atoms with E-state index in [0.29, 0.717) is 13.2 Å². The maximum Gasteiger partial charge on any atom is 0.246 e. The Bertz CT molecular complexity index is 139. The van der Waals surface area contributed by atoms with Crippen molar-refractivity contribution in [2.75, 3.05) is 26.4 Å². The molecule has 0 saturated heterocycles. The summed E-state index contributed by atoms with van der Waals surface area (Å²) in [5.41, 5.74) is 0. The smallest absolute Gasteiger partial charge is 0.246 e. The van der Waals surface area contributed by atoms with Crippen molar-refractivity contribution < 1.29 is 14.6 Å². The van der Waals surface area contributed by atoms with Crippen molar-refractivity contribution in [2.24, 2.45) is 5.92 Å². The van der Waals surface area contributed by atoms with E-state index in [0.717, 1.165) is 6.42 Å². The van der Waals surface area contributed by atoms with Crippen LogP contribution in [0.5, 0.6) is 0 Å². The standard InChI is InChI=1S/C9H19NO3/c1-3-4-13-7-9(12)10-5-8(2)6-11/h8,11H,3-7H2,1-2H3,(H,10,12). The average Bonchev–Trinajstić information content (AvgIpc) is 2.14. The van der Waals surface area contributed by atoms with Crippen molar-refractivity contribution in [2.45, 2.75) is 20.3 Å². The van der Waals surface area contributed by atoms with Crippen LogP contribution in [0.3, 0.4) is 0 Å². The minimum atomic E-state index is -0.117. The first-order valence-corrected chi connectivity index (χ1v) is 4.66. The van der Waals surface area contributed by atoms with Crippen LogP contribution in [0, 0.1) is 5.92 Å². The molecular formula is C9H19NO3. The van der Waals surface area contributed by atoms with Crippen molar-refractivity contribution in [3.05, 3.63) is 0 Å². The van der Waals surface area contributed by atoms with E-state index in [2.05, 4.69) is 5.32 Å². The number of hydrogen-bond acceptors (Lipinski definition) is 3. The predicted molar refractivity (Wildman–Crippen MR) is 50.4 cm³/mol. The SMILES string of the molecule is CCCOCC(=O)NCC(C)CO. The molecule has 0 heterocycles. The van der Waals surface area contributed by atoms with Crippen LogP contribution in [0.4, 0.5) is 0 Å². The molecule has 4 heteroatoms. The first-order chi connectivity index (χ1) is 6.20. The molecule has 1 atom stereocenters. The van der Waals surface area contributed by atoms with Crippen molar-refractivity contribution in [3.63, 3.8) is 0 Å². The van der Waals surface area contributed by atoms with Gasteiger partial charge in [0.1, 0.15) is 6.61 Å². The summed E-state index contributed by atoms with van der Waals surface area (Å²) in [6.45, 7) is 5.19. The summed E-state index contributed by atoms with van der Waals surface area (Å²) >= 11 is 0. The van der Waals surface area contributed by atoms with Gasteiger partial charge in [-0.3, -0.25) is 4.79 Å². The molecule has 0 saturated carbocycles. The lowest BCUT2D eigenvalue weighted by atomic mass is 10.2. The van der Waals surface area contributed by atoms with Crippen LogP contribution in [-0.2, 0) is 9.53 Å². The molecule has 2 N–H and O–H groups in total. The first-order valence-electron chi connectivity index (χ1n) is 4.66. The molecule has 0 aliphatic heterocycles. The van der Waals surface area contributed by atoms with Gasteiger partial charge in [0.2, 0.25) is 5.91 Å². The maximum absolute atomic E-state index is 11.0. The lowest BCUT2D eigenvalue weighted by Crippen LogP contribution is -2.32. The van der Waals surface area contributed by atoms with E-state index in [1.165, 1.54) is 0 Å². The van der Waals surface area contributed by atoms with Gasteiger partial charge < -0.3 is 15.2 Å². The van der Waals surface area contributed by atoms with Crippen LogP contribution in [0.1, 0.15) is 20.3 Å². The zero-order chi connectivity index (χ0) is 10.1. The van der Waals surface area contributed by atoms with E-state index in [4.69, 9.17) is 9.84 Å². The van der Waals surface area contributed by atoms with Gasteiger partial charge >= 0.3 is 0 Å². The van der Waals surface area contributed by atoms with Crippen molar-refractivity contribution >= 4 is 5.91 Å². The highest BCUT2D eigenvalue weighted by atomic mass is 16.5. The number of amides is 1. The van der Waals surface area contributed by atoms with Gasteiger partial charge in [0.15, 0.2) is 0 Å². The lowest BCUT2D eigenvalue weighted by molar-refractivity contribution is -0.125. The number of ether oxygens (including phenoxy) is 1. The Morgan fingerprint density at radius 3 is 2.85 bits per heavy atom. The molecule has 1 amide bonds. The molecular weight excluding hydrogens is 170 g/mol. The Hall–Kier alpha value is -0.610. The van der Waals surface area contributed by atoms with Crippen LogP contribution in [0.2, 0.25) is 0 Å². The Kier molecular flexibility index (Phi) is 7.63. The summed E-state index contributed by atoms with van der Waals surface area (Å²) in [6, 6.07) is 0. The van der Waals surface area contributed by atoms with E-state index >= 15 is 0 Å². The minimum absolute atomic E-state index is 0.0934. The fraction of sp³-hybridized carbons (Fsp3) is 0.889. The second-order valence-electron chi connectivity index (χ2n) is 3.14. The highest BCUT2D eigenvalue weighted by Crippen LogP contribution is 1.88. The molecule has 0 aromatic heterocycles. The van der Waals surface area contributed by atoms with E-state index in [9.17, 15) is 4.79 Å². The van der Waals surface area contributed by atoms with Gasteiger partial charge in [0, 0.05) is 19.8 Å². The number of hydrogen-bond donors (Lipinski definition) is 2. The summed E-state index contributed by atoms with van der Waals surface area (Å²) in [4.78, 5) is 11.0. The minimum Gasteiger partial charge on any atom is -0.396 e. The molecule has 0 bridgehead atoms. The van der Waals surface area contributed by atoms with Gasteiger partial charge in [0.25, 0.3) is 0 Å². The second-order valence-corrected chi connectivity index (χ2v) is 3.14. The number of carbonyl (C=O) groups is 1. The zero-order valence-corrected chi connectivity index (χ0v) is 8.38. The molecule has 0 aromatic rings. The van der Waals surface area contributed by atoms with E-state index in [1.54, 1.807) is 0 Å². The molecule has 0 spiro atoms. The van der Waals surface area contributed by atoms with Crippen LogP contribution >= 0.6 is 0 Å². The van der Waals surface area contributed by atoms with Crippen molar-refractivity contribution in [1.29, 1.82) is 0 Å². The molecule has 13 heavy (non-hydrogen) atoms. The van der Waals surface area contributed by atoms with E-state index < -0.39 is 0 Å². The maximum atomic E-state index is 11.0. The van der Waals surface area contributed by atoms with Crippen LogP contribution < -0.4 is 5.32 Å². The van der Waals surface area contributed by atoms with Gasteiger partial charge in [0.05, 0.1) is 0 Å². The summed E-state index contributed by atoms with van der Waals surface area (Å²) < 4.78 is 5.04. The zero-order valence-electron chi connectivity index (χ0n) is 8.38. The molecule has 0 aliphatic carbocycles. The first kappa shape index (κ1) is 12.4. The van der Waals surface area contributed by atoms with Gasteiger partial charge in [-0.15, -0.1) is 0 Å². The molecule has 0 radical (unpaired) electrons. The van der Waals surface area contributed by atoms with Gasteiger partial charge in [-0.1, -0.05) is 13.8 Å². The number of aliphatic hydroxyl groups excluding tert-OH is 1. The van der Waals surface area contributed by atoms with E-state index in [-0.39, 0.29) is 25.0 Å². The Balaban J connectivity index is 3.30. The number of nitrogens with one attached hydrogen (secondary N) is 1. The number of aliphatic hydroxyl groups is 1. The fourth-order valence-corrected chi connectivity index (χ4v) is 0.713. The highest BCUT2D eigenvalue weighted by Gasteiger charge is 2.03. The quantitative estimate of drug-likeness (QED) is 0.561.